The van der Waals surface area contributed by atoms with E-state index in [9.17, 15) is 0 Å². The van der Waals surface area contributed by atoms with Gasteiger partial charge in [0.25, 0.3) is 0 Å². The van der Waals surface area contributed by atoms with Crippen LogP contribution in [0.2, 0.25) is 0 Å². The largest absolute Gasteiger partial charge is 0.119 e. The predicted octanol–water partition coefficient (Wildman–Crippen LogP) is 15.5. The van der Waals surface area contributed by atoms with Crippen LogP contribution in [0.5, 0.6) is 0 Å². The molecule has 0 fully saturated rings. The number of hydrogen-bond donors (Lipinski definition) is 0. The van der Waals surface area contributed by atoms with Gasteiger partial charge < -0.3 is 0 Å². The van der Waals surface area contributed by atoms with E-state index in [4.69, 9.17) is 162 Å². The molecule has 0 nitrogen and oxygen atoms in total. The van der Waals surface area contributed by atoms with Crippen LogP contribution in [-0.4, -0.2) is 33.9 Å². The zero-order valence-electron chi connectivity index (χ0n) is 22.7. The van der Waals surface area contributed by atoms with Gasteiger partial charge in [-0.15, -0.1) is 162 Å². The van der Waals surface area contributed by atoms with Gasteiger partial charge in [-0.25, -0.2) is 0 Å². The molecule has 0 saturated carbocycles. The molecular formula is C25H42Cl14. The molecule has 0 heterocycles. The van der Waals surface area contributed by atoms with Crippen LogP contribution >= 0.6 is 162 Å². The van der Waals surface area contributed by atoms with E-state index in [0.717, 1.165) is 0 Å². The molecule has 0 N–H and O–H groups in total. The van der Waals surface area contributed by atoms with Crippen molar-refractivity contribution in [3.63, 3.8) is 0 Å². The highest BCUT2D eigenvalue weighted by Gasteiger charge is 2.56. The van der Waals surface area contributed by atoms with Crippen molar-refractivity contribution in [2.45, 2.75) is 132 Å². The van der Waals surface area contributed by atoms with Crippen molar-refractivity contribution in [2.75, 3.05) is 0 Å². The fraction of sp³-hybridized carbons (Fsp3) is 1.00. The van der Waals surface area contributed by atoms with E-state index in [0.29, 0.717) is 6.42 Å². The molecule has 0 amide bonds. The normalized spacial score (nSPS) is 13.5. The summed E-state index contributed by atoms with van der Waals surface area (Å²) in [4.78, 5) is -7.71. The number of alkyl halides is 14. The highest BCUT2D eigenvalue weighted by Crippen LogP contribution is 2.56. The minimum atomic E-state index is -1.43. The summed E-state index contributed by atoms with van der Waals surface area (Å²) in [7, 11) is 0. The van der Waals surface area contributed by atoms with Gasteiger partial charge in [0.05, 0.1) is 10.8 Å². The SMILES string of the molecule is CCCCCC.CCCCCC.ClC(Cl)C(CCCC(C(Cl)Cl)(C(Cl)Cl)C(Cl)Cl)C(C(Cl)Cl)(C(Cl)Cl)C(Cl)Cl. The second kappa shape index (κ2) is 27.2. The van der Waals surface area contributed by atoms with Crippen molar-refractivity contribution in [1.82, 2.24) is 0 Å². The minimum Gasteiger partial charge on any atom is -0.105 e. The Labute approximate surface area is 308 Å². The molecule has 0 saturated heterocycles. The van der Waals surface area contributed by atoms with Crippen LogP contribution in [0.15, 0.2) is 0 Å². The molecule has 0 aliphatic carbocycles. The third kappa shape index (κ3) is 17.0. The molecule has 240 valence electrons. The van der Waals surface area contributed by atoms with E-state index in [1.807, 2.05) is 0 Å². The third-order valence-electron chi connectivity index (χ3n) is 6.34. The van der Waals surface area contributed by atoms with Crippen molar-refractivity contribution in [1.29, 1.82) is 0 Å². The first-order chi connectivity index (χ1) is 18.0. The molecule has 1 unspecified atom stereocenters. The molecule has 14 heteroatoms. The Morgan fingerprint density at radius 1 is 0.410 bits per heavy atom. The highest BCUT2D eigenvalue weighted by molar-refractivity contribution is 6.54. The van der Waals surface area contributed by atoms with Crippen LogP contribution in [0, 0.1) is 16.7 Å². The summed E-state index contributed by atoms with van der Waals surface area (Å²) in [5.74, 6) is -0.712. The maximum absolute atomic E-state index is 6.16. The van der Waals surface area contributed by atoms with Gasteiger partial charge in [-0.05, 0) is 12.8 Å². The zero-order valence-corrected chi connectivity index (χ0v) is 33.3. The van der Waals surface area contributed by atoms with E-state index in [1.54, 1.807) is 0 Å². The number of rotatable bonds is 18. The molecular weight excluding hydrogens is 797 g/mol. The Morgan fingerprint density at radius 3 is 0.872 bits per heavy atom. The lowest BCUT2D eigenvalue weighted by Gasteiger charge is -2.45. The summed E-state index contributed by atoms with van der Waals surface area (Å²) in [6, 6.07) is 0. The fourth-order valence-electron chi connectivity index (χ4n) is 3.61. The first-order valence-corrected chi connectivity index (χ1v) is 19.1. The van der Waals surface area contributed by atoms with Crippen LogP contribution in [0.25, 0.3) is 0 Å². The lowest BCUT2D eigenvalue weighted by Crippen LogP contribution is -2.50. The van der Waals surface area contributed by atoms with Crippen LogP contribution in [-0.2, 0) is 0 Å². The van der Waals surface area contributed by atoms with Gasteiger partial charge in [0.2, 0.25) is 0 Å². The first-order valence-electron chi connectivity index (χ1n) is 13.0. The van der Waals surface area contributed by atoms with Crippen molar-refractivity contribution >= 4 is 162 Å². The molecule has 39 heavy (non-hydrogen) atoms. The lowest BCUT2D eigenvalue weighted by atomic mass is 9.76. The topological polar surface area (TPSA) is 0 Å². The van der Waals surface area contributed by atoms with E-state index in [1.165, 1.54) is 51.4 Å². The summed E-state index contributed by atoms with van der Waals surface area (Å²) < 4.78 is 0. The molecule has 1 atom stereocenters. The summed E-state index contributed by atoms with van der Waals surface area (Å²) in [6.07, 6.45) is 11.9. The van der Waals surface area contributed by atoms with Crippen LogP contribution < -0.4 is 0 Å². The van der Waals surface area contributed by atoms with Crippen molar-refractivity contribution < 1.29 is 0 Å². The molecule has 0 aromatic heterocycles. The number of hydrogen-bond acceptors (Lipinski definition) is 0. The van der Waals surface area contributed by atoms with Gasteiger partial charge >= 0.3 is 0 Å². The molecule has 0 aromatic carbocycles. The lowest BCUT2D eigenvalue weighted by molar-refractivity contribution is 0.197. The van der Waals surface area contributed by atoms with Gasteiger partial charge in [0.15, 0.2) is 0 Å². The first kappa shape index (κ1) is 47.5. The smallest absolute Gasteiger partial charge is 0.105 e. The predicted molar refractivity (Wildman–Crippen MR) is 190 cm³/mol. The highest BCUT2D eigenvalue weighted by atomic mass is 35.6. The minimum absolute atomic E-state index is 0.215. The zero-order chi connectivity index (χ0) is 31.4. The molecule has 0 rings (SSSR count). The number of unbranched alkanes of at least 4 members (excludes halogenated alkanes) is 6. The van der Waals surface area contributed by atoms with Crippen LogP contribution in [0.4, 0.5) is 0 Å². The molecule has 0 radical (unpaired) electrons. The fourth-order valence-corrected chi connectivity index (χ4v) is 10.5. The third-order valence-corrected chi connectivity index (χ3v) is 11.7. The van der Waals surface area contributed by atoms with Crippen molar-refractivity contribution in [3.05, 3.63) is 0 Å². The second-order valence-corrected chi connectivity index (χ2v) is 16.9. The molecule has 0 aromatic rings. The van der Waals surface area contributed by atoms with Gasteiger partial charge in [0.1, 0.15) is 33.9 Å². The maximum Gasteiger partial charge on any atom is 0.119 e. The van der Waals surface area contributed by atoms with Gasteiger partial charge in [-0.2, -0.15) is 0 Å². The van der Waals surface area contributed by atoms with Gasteiger partial charge in [-0.1, -0.05) is 85.5 Å². The van der Waals surface area contributed by atoms with Crippen molar-refractivity contribution in [2.24, 2.45) is 16.7 Å². The average molecular weight is 839 g/mol. The van der Waals surface area contributed by atoms with E-state index in [-0.39, 0.29) is 12.8 Å². The molecule has 0 aliphatic rings. The van der Waals surface area contributed by atoms with Crippen LogP contribution in [0.3, 0.4) is 0 Å². The Kier molecular flexibility index (Phi) is 33.1. The second-order valence-electron chi connectivity index (χ2n) is 9.16. The van der Waals surface area contributed by atoms with Gasteiger partial charge in [-0.3, -0.25) is 0 Å². The monoisotopic (exact) mass is 832 g/mol. The summed E-state index contributed by atoms with van der Waals surface area (Å²) in [6.45, 7) is 8.93. The average Bonchev–Trinajstić information content (AvgIpc) is 2.82. The van der Waals surface area contributed by atoms with Gasteiger partial charge in [0, 0.05) is 5.92 Å². The Balaban J connectivity index is -0.000000889. The summed E-state index contributed by atoms with van der Waals surface area (Å²) >= 11 is 85.5. The molecule has 0 bridgehead atoms. The molecule has 0 spiro atoms. The summed E-state index contributed by atoms with van der Waals surface area (Å²) in [5, 5.41) is 0. The van der Waals surface area contributed by atoms with E-state index in [2.05, 4.69) is 27.7 Å². The Morgan fingerprint density at radius 2 is 0.692 bits per heavy atom. The van der Waals surface area contributed by atoms with Crippen LogP contribution in [0.1, 0.15) is 98.3 Å². The Bertz CT molecular complexity index is 481. The molecule has 0 aliphatic heterocycles. The van der Waals surface area contributed by atoms with E-state index < -0.39 is 50.6 Å². The maximum atomic E-state index is 6.16. The number of halogens is 14. The summed E-state index contributed by atoms with van der Waals surface area (Å²) in [5.41, 5.74) is -2.66. The van der Waals surface area contributed by atoms with Crippen molar-refractivity contribution in [3.8, 4) is 0 Å². The van der Waals surface area contributed by atoms with E-state index >= 15 is 0 Å². The quantitative estimate of drug-likeness (QED) is 0.0953. The standard InChI is InChI=1S/C13H14Cl14.2C6H14/c14-5(15)4(13(9(22)23,10(24)25)11(26)27)2-1-3-12(6(16)17,7(18)19)8(20)21;2*1-3-5-6-4-2/h4-11H,1-3H2;2*3-6H2,1-2H3. The Hall–Kier alpha value is 4.06.